The summed E-state index contributed by atoms with van der Waals surface area (Å²) < 4.78 is 64.4. The van der Waals surface area contributed by atoms with Crippen LogP contribution in [0.15, 0.2) is 33.6 Å². The highest BCUT2D eigenvalue weighted by molar-refractivity contribution is 7.91. The van der Waals surface area contributed by atoms with E-state index in [1.165, 1.54) is 17.7 Å². The molecular weight excluding hydrogens is 383 g/mol. The maximum absolute atomic E-state index is 12.7. The number of halogens is 3. The van der Waals surface area contributed by atoms with Crippen LogP contribution in [0.1, 0.15) is 31.5 Å². The summed E-state index contributed by atoms with van der Waals surface area (Å²) in [6, 6.07) is 0. The van der Waals surface area contributed by atoms with Gasteiger partial charge < -0.3 is 9.88 Å². The molecular formula is C16H18F3N5O2S. The molecule has 1 aromatic rings. The molecule has 2 heterocycles. The maximum Gasteiger partial charge on any atom is 0.417 e. The standard InChI is InChI=1S/C16H18F3N5O2S/c1-3-27(25,26)15-13(23-14(24(15)2)9-4-5-9)22-8-12-11(20)6-10(7-21-12)16(17,18)19/h6-9,20,22H,3-5H2,1-2H3/b12-8+,20-11?. The molecule has 3 rings (SSSR count). The van der Waals surface area contributed by atoms with Crippen molar-refractivity contribution in [2.45, 2.75) is 36.9 Å². The Morgan fingerprint density at radius 1 is 1.41 bits per heavy atom. The fraction of sp³-hybridized carbons (Fsp3) is 0.438. The molecule has 2 N–H and O–H groups in total. The zero-order chi connectivity index (χ0) is 20.0. The van der Waals surface area contributed by atoms with Gasteiger partial charge >= 0.3 is 6.18 Å². The SMILES string of the molecule is CCS(=O)(=O)c1c(N/C=C2/N=CC(C(F)(F)F)=CC2=N)nc(C2CC2)n1C. The Hall–Kier alpha value is -2.43. The molecule has 0 unspecified atom stereocenters. The average Bonchev–Trinajstić information content (AvgIpc) is 3.36. The van der Waals surface area contributed by atoms with Crippen LogP contribution >= 0.6 is 0 Å². The summed E-state index contributed by atoms with van der Waals surface area (Å²) in [7, 11) is -1.96. The lowest BCUT2D eigenvalue weighted by molar-refractivity contribution is -0.0855. The number of nitrogens with one attached hydrogen (secondary N) is 2. The molecule has 0 saturated heterocycles. The van der Waals surface area contributed by atoms with Gasteiger partial charge in [0, 0.05) is 25.4 Å². The Labute approximate surface area is 154 Å². The second-order valence-electron chi connectivity index (χ2n) is 6.30. The van der Waals surface area contributed by atoms with E-state index >= 15 is 0 Å². The molecule has 7 nitrogen and oxygen atoms in total. The highest BCUT2D eigenvalue weighted by Gasteiger charge is 2.35. The topological polar surface area (TPSA) is 100 Å². The summed E-state index contributed by atoms with van der Waals surface area (Å²) in [5, 5.41) is 10.4. The summed E-state index contributed by atoms with van der Waals surface area (Å²) in [5.74, 6) is 0.812. The third-order valence-corrected chi connectivity index (χ3v) is 6.10. The number of sulfone groups is 1. The van der Waals surface area contributed by atoms with E-state index in [0.29, 0.717) is 18.1 Å². The van der Waals surface area contributed by atoms with Crippen molar-refractivity contribution >= 4 is 27.6 Å². The van der Waals surface area contributed by atoms with Crippen molar-refractivity contribution in [3.63, 3.8) is 0 Å². The van der Waals surface area contributed by atoms with Gasteiger partial charge in [0.15, 0.2) is 20.7 Å². The van der Waals surface area contributed by atoms with Crippen LogP contribution in [0, 0.1) is 5.41 Å². The molecule has 0 bridgehead atoms. The summed E-state index contributed by atoms with van der Waals surface area (Å²) in [5.41, 5.74) is -1.51. The predicted octanol–water partition coefficient (Wildman–Crippen LogP) is 2.94. The summed E-state index contributed by atoms with van der Waals surface area (Å²) in [6.07, 6.45) is -0.247. The minimum Gasteiger partial charge on any atom is -0.342 e. The van der Waals surface area contributed by atoms with Crippen molar-refractivity contribution in [3.05, 3.63) is 29.4 Å². The average molecular weight is 401 g/mol. The van der Waals surface area contributed by atoms with E-state index in [1.807, 2.05) is 0 Å². The van der Waals surface area contributed by atoms with E-state index in [1.54, 1.807) is 7.05 Å². The van der Waals surface area contributed by atoms with Crippen LogP contribution in [0.4, 0.5) is 19.0 Å². The van der Waals surface area contributed by atoms with Gasteiger partial charge in [-0.05, 0) is 18.9 Å². The number of imidazole rings is 1. The summed E-state index contributed by atoms with van der Waals surface area (Å²) in [6.45, 7) is 1.52. The van der Waals surface area contributed by atoms with Gasteiger partial charge in [-0.1, -0.05) is 6.92 Å². The van der Waals surface area contributed by atoms with E-state index in [4.69, 9.17) is 5.41 Å². The molecule has 1 aliphatic heterocycles. The third-order valence-electron chi connectivity index (χ3n) is 4.29. The van der Waals surface area contributed by atoms with Gasteiger partial charge in [-0.2, -0.15) is 13.2 Å². The van der Waals surface area contributed by atoms with Gasteiger partial charge in [0.1, 0.15) is 11.5 Å². The molecule has 146 valence electrons. The van der Waals surface area contributed by atoms with Gasteiger partial charge in [0.25, 0.3) is 0 Å². The number of anilines is 1. The number of hydrogen-bond donors (Lipinski definition) is 2. The van der Waals surface area contributed by atoms with Gasteiger partial charge in [-0.15, -0.1) is 0 Å². The van der Waals surface area contributed by atoms with Gasteiger partial charge in [0.2, 0.25) is 0 Å². The first-order valence-corrected chi connectivity index (χ1v) is 9.87. The number of hydrogen-bond acceptors (Lipinski definition) is 6. The number of rotatable bonds is 5. The Kier molecular flexibility index (Phi) is 4.74. The number of nitrogens with zero attached hydrogens (tertiary/aromatic N) is 3. The Balaban J connectivity index is 1.92. The van der Waals surface area contributed by atoms with Crippen LogP contribution in [-0.2, 0) is 16.9 Å². The summed E-state index contributed by atoms with van der Waals surface area (Å²) in [4.78, 5) is 8.00. The molecule has 1 aromatic heterocycles. The third kappa shape index (κ3) is 3.82. The van der Waals surface area contributed by atoms with E-state index in [0.717, 1.165) is 12.8 Å². The monoisotopic (exact) mass is 401 g/mol. The zero-order valence-corrected chi connectivity index (χ0v) is 15.4. The van der Waals surface area contributed by atoms with Crippen LogP contribution < -0.4 is 5.32 Å². The van der Waals surface area contributed by atoms with Crippen molar-refractivity contribution in [3.8, 4) is 0 Å². The van der Waals surface area contributed by atoms with Crippen molar-refractivity contribution < 1.29 is 21.6 Å². The fourth-order valence-electron chi connectivity index (χ4n) is 2.68. The Morgan fingerprint density at radius 3 is 2.59 bits per heavy atom. The lowest BCUT2D eigenvalue weighted by Crippen LogP contribution is -2.18. The first-order chi connectivity index (χ1) is 12.5. The molecule has 0 aromatic carbocycles. The minimum atomic E-state index is -4.59. The number of alkyl halides is 3. The van der Waals surface area contributed by atoms with Gasteiger partial charge in [0.05, 0.1) is 17.0 Å². The molecule has 1 fully saturated rings. The smallest absolute Gasteiger partial charge is 0.342 e. The number of aliphatic imine (C=N–C) groups is 1. The molecule has 1 aliphatic carbocycles. The molecule has 0 radical (unpaired) electrons. The largest absolute Gasteiger partial charge is 0.417 e. The molecule has 1 saturated carbocycles. The molecule has 0 spiro atoms. The lowest BCUT2D eigenvalue weighted by atomic mass is 10.1. The normalized spacial score (nSPS) is 19.5. The van der Waals surface area contributed by atoms with E-state index in [2.05, 4.69) is 15.3 Å². The second kappa shape index (κ2) is 6.63. The minimum absolute atomic E-state index is 0.0154. The molecule has 0 atom stereocenters. The van der Waals surface area contributed by atoms with Crippen LogP contribution in [-0.4, -0.2) is 41.8 Å². The highest BCUT2D eigenvalue weighted by Crippen LogP contribution is 2.41. The first kappa shape index (κ1) is 19.3. The molecule has 27 heavy (non-hydrogen) atoms. The molecule has 0 amide bonds. The number of dihydropyridines is 1. The van der Waals surface area contributed by atoms with Crippen molar-refractivity contribution in [1.29, 1.82) is 5.41 Å². The number of aromatic nitrogens is 2. The van der Waals surface area contributed by atoms with Gasteiger partial charge in [-0.3, -0.25) is 10.4 Å². The van der Waals surface area contributed by atoms with Crippen LogP contribution in [0.2, 0.25) is 0 Å². The van der Waals surface area contributed by atoms with E-state index < -0.39 is 27.3 Å². The van der Waals surface area contributed by atoms with Gasteiger partial charge in [-0.25, -0.2) is 13.4 Å². The summed E-state index contributed by atoms with van der Waals surface area (Å²) >= 11 is 0. The Morgan fingerprint density at radius 2 is 2.07 bits per heavy atom. The molecule has 11 heteroatoms. The number of allylic oxidation sites excluding steroid dienone is 2. The highest BCUT2D eigenvalue weighted by atomic mass is 32.2. The van der Waals surface area contributed by atoms with Crippen molar-refractivity contribution in [2.24, 2.45) is 12.0 Å². The van der Waals surface area contributed by atoms with Crippen LogP contribution in [0.3, 0.4) is 0 Å². The van der Waals surface area contributed by atoms with Crippen LogP contribution in [0.5, 0.6) is 0 Å². The predicted molar refractivity (Wildman–Crippen MR) is 95.0 cm³/mol. The van der Waals surface area contributed by atoms with E-state index in [-0.39, 0.29) is 28.2 Å². The zero-order valence-electron chi connectivity index (χ0n) is 14.6. The quantitative estimate of drug-likeness (QED) is 0.792. The van der Waals surface area contributed by atoms with Crippen molar-refractivity contribution in [2.75, 3.05) is 11.1 Å². The second-order valence-corrected chi connectivity index (χ2v) is 8.50. The Bertz CT molecular complexity index is 982. The lowest BCUT2D eigenvalue weighted by Gasteiger charge is -2.12. The molecule has 2 aliphatic rings. The van der Waals surface area contributed by atoms with Crippen LogP contribution in [0.25, 0.3) is 0 Å². The fourth-order valence-corrected chi connectivity index (χ4v) is 3.86. The van der Waals surface area contributed by atoms with E-state index in [9.17, 15) is 21.6 Å². The van der Waals surface area contributed by atoms with Crippen molar-refractivity contribution in [1.82, 2.24) is 9.55 Å². The first-order valence-electron chi connectivity index (χ1n) is 8.22. The maximum atomic E-state index is 12.7.